The first-order chi connectivity index (χ1) is 11.8. The van der Waals surface area contributed by atoms with E-state index in [0.717, 1.165) is 0 Å². The van der Waals surface area contributed by atoms with E-state index in [4.69, 9.17) is 9.26 Å². The fourth-order valence-electron chi connectivity index (χ4n) is 3.01. The van der Waals surface area contributed by atoms with Gasteiger partial charge < -0.3 is 14.2 Å². The van der Waals surface area contributed by atoms with Gasteiger partial charge in [0.1, 0.15) is 6.10 Å². The number of nitrogens with zero attached hydrogens (tertiary/aromatic N) is 4. The molecule has 0 aromatic carbocycles. The van der Waals surface area contributed by atoms with Crippen molar-refractivity contribution in [1.29, 1.82) is 0 Å². The number of likely N-dealkylation sites (tertiary alicyclic amines) is 1. The Morgan fingerprint density at radius 2 is 2.04 bits per heavy atom. The van der Waals surface area contributed by atoms with Gasteiger partial charge in [0.25, 0.3) is 11.8 Å². The Morgan fingerprint density at radius 1 is 1.32 bits per heavy atom. The topological polar surface area (TPSA) is 71.7 Å². The number of rotatable bonds is 4. The summed E-state index contributed by atoms with van der Waals surface area (Å²) < 4.78 is 37.3. The average molecular weight is 358 g/mol. The molecule has 1 unspecified atom stereocenters. The van der Waals surface area contributed by atoms with Gasteiger partial charge in [-0.25, -0.2) is 8.78 Å². The van der Waals surface area contributed by atoms with Crippen molar-refractivity contribution in [3.05, 3.63) is 11.7 Å². The van der Waals surface area contributed by atoms with E-state index in [2.05, 4.69) is 10.1 Å². The molecule has 1 aromatic heterocycles. The van der Waals surface area contributed by atoms with Gasteiger partial charge >= 0.3 is 0 Å². The fraction of sp³-hybridized carbons (Fsp3) is 0.812. The highest BCUT2D eigenvalue weighted by molar-refractivity contribution is 5.81. The third-order valence-electron chi connectivity index (χ3n) is 4.59. The van der Waals surface area contributed by atoms with Crippen molar-refractivity contribution in [2.45, 2.75) is 51.2 Å². The highest BCUT2D eigenvalue weighted by Gasteiger charge is 2.38. The van der Waals surface area contributed by atoms with E-state index in [0.29, 0.717) is 38.0 Å². The number of alkyl halides is 2. The lowest BCUT2D eigenvalue weighted by Gasteiger charge is -2.37. The number of morpholine rings is 1. The minimum atomic E-state index is -2.66. The zero-order chi connectivity index (χ0) is 18.0. The Morgan fingerprint density at radius 3 is 2.68 bits per heavy atom. The van der Waals surface area contributed by atoms with Crippen molar-refractivity contribution in [1.82, 2.24) is 19.9 Å². The van der Waals surface area contributed by atoms with Crippen LogP contribution in [0.3, 0.4) is 0 Å². The molecule has 0 spiro atoms. The monoisotopic (exact) mass is 358 g/mol. The SMILES string of the molecule is CC(C)c1noc(CN2CCOC(C(=O)N3CCC(F)(F)CC3)C2)n1. The second-order valence-electron chi connectivity index (χ2n) is 6.98. The van der Waals surface area contributed by atoms with Crippen molar-refractivity contribution >= 4 is 5.91 Å². The van der Waals surface area contributed by atoms with Gasteiger partial charge in [-0.2, -0.15) is 4.98 Å². The number of hydrogen-bond acceptors (Lipinski definition) is 6. The molecular formula is C16H24F2N4O3. The summed E-state index contributed by atoms with van der Waals surface area (Å²) in [6.07, 6.45) is -1.20. The van der Waals surface area contributed by atoms with Crippen LogP contribution < -0.4 is 0 Å². The van der Waals surface area contributed by atoms with Gasteiger partial charge in [0.15, 0.2) is 5.82 Å². The van der Waals surface area contributed by atoms with Crippen LogP contribution in [0.4, 0.5) is 8.78 Å². The van der Waals surface area contributed by atoms with E-state index >= 15 is 0 Å². The van der Waals surface area contributed by atoms with Gasteiger partial charge in [-0.3, -0.25) is 9.69 Å². The van der Waals surface area contributed by atoms with Crippen LogP contribution in [-0.2, 0) is 16.1 Å². The number of halogens is 2. The molecule has 0 saturated carbocycles. The lowest BCUT2D eigenvalue weighted by Crippen LogP contribution is -2.53. The number of hydrogen-bond donors (Lipinski definition) is 0. The molecule has 2 aliphatic rings. The molecule has 1 amide bonds. The van der Waals surface area contributed by atoms with Crippen molar-refractivity contribution in [3.8, 4) is 0 Å². The third kappa shape index (κ3) is 4.52. The van der Waals surface area contributed by atoms with Crippen LogP contribution in [0.25, 0.3) is 0 Å². The highest BCUT2D eigenvalue weighted by Crippen LogP contribution is 2.28. The summed E-state index contributed by atoms with van der Waals surface area (Å²) in [5.41, 5.74) is 0. The Hall–Kier alpha value is -1.61. The average Bonchev–Trinajstić information content (AvgIpc) is 3.03. The molecule has 25 heavy (non-hydrogen) atoms. The van der Waals surface area contributed by atoms with Crippen LogP contribution in [0.2, 0.25) is 0 Å². The molecule has 0 radical (unpaired) electrons. The van der Waals surface area contributed by atoms with Gasteiger partial charge in [-0.05, 0) is 0 Å². The van der Waals surface area contributed by atoms with Crippen LogP contribution >= 0.6 is 0 Å². The second kappa shape index (κ2) is 7.33. The van der Waals surface area contributed by atoms with E-state index in [-0.39, 0.29) is 37.8 Å². The van der Waals surface area contributed by atoms with E-state index in [1.165, 1.54) is 4.90 Å². The lowest BCUT2D eigenvalue weighted by atomic mass is 10.1. The summed E-state index contributed by atoms with van der Waals surface area (Å²) in [4.78, 5) is 20.4. The molecule has 3 heterocycles. The molecular weight excluding hydrogens is 334 g/mol. The minimum absolute atomic E-state index is 0.0765. The first-order valence-electron chi connectivity index (χ1n) is 8.67. The summed E-state index contributed by atoms with van der Waals surface area (Å²) in [5, 5.41) is 3.93. The van der Waals surface area contributed by atoms with Gasteiger partial charge in [-0.1, -0.05) is 19.0 Å². The quantitative estimate of drug-likeness (QED) is 0.815. The third-order valence-corrected chi connectivity index (χ3v) is 4.59. The molecule has 7 nitrogen and oxygen atoms in total. The normalized spacial score (nSPS) is 24.7. The first-order valence-corrected chi connectivity index (χ1v) is 8.67. The number of carbonyl (C=O) groups is 1. The second-order valence-corrected chi connectivity index (χ2v) is 6.98. The molecule has 2 aliphatic heterocycles. The number of ether oxygens (including phenoxy) is 1. The largest absolute Gasteiger partial charge is 0.366 e. The molecule has 140 valence electrons. The molecule has 1 aromatic rings. The Labute approximate surface area is 145 Å². The van der Waals surface area contributed by atoms with Crippen molar-refractivity contribution in [3.63, 3.8) is 0 Å². The molecule has 2 saturated heterocycles. The van der Waals surface area contributed by atoms with Gasteiger partial charge in [0.2, 0.25) is 5.89 Å². The van der Waals surface area contributed by atoms with Crippen LogP contribution in [0.5, 0.6) is 0 Å². The van der Waals surface area contributed by atoms with Crippen LogP contribution in [0, 0.1) is 0 Å². The summed E-state index contributed by atoms with van der Waals surface area (Å²) in [6, 6.07) is 0. The number of aromatic nitrogens is 2. The minimum Gasteiger partial charge on any atom is -0.366 e. The van der Waals surface area contributed by atoms with Crippen molar-refractivity contribution in [2.75, 3.05) is 32.8 Å². The lowest BCUT2D eigenvalue weighted by molar-refractivity contribution is -0.155. The zero-order valence-corrected chi connectivity index (χ0v) is 14.6. The number of piperidine rings is 1. The summed E-state index contributed by atoms with van der Waals surface area (Å²) in [7, 11) is 0. The summed E-state index contributed by atoms with van der Waals surface area (Å²) >= 11 is 0. The van der Waals surface area contributed by atoms with E-state index in [1.807, 2.05) is 18.7 Å². The van der Waals surface area contributed by atoms with Crippen LogP contribution in [-0.4, -0.2) is 70.7 Å². The predicted molar refractivity (Wildman–Crippen MR) is 84.2 cm³/mol. The first kappa shape index (κ1) is 18.2. The molecule has 0 N–H and O–H groups in total. The maximum absolute atomic E-state index is 13.2. The maximum atomic E-state index is 13.2. The predicted octanol–water partition coefficient (Wildman–Crippen LogP) is 1.65. The number of amides is 1. The van der Waals surface area contributed by atoms with Gasteiger partial charge in [-0.15, -0.1) is 0 Å². The summed E-state index contributed by atoms with van der Waals surface area (Å²) in [5.74, 6) is -1.52. The molecule has 0 aliphatic carbocycles. The standard InChI is InChI=1S/C16H24F2N4O3/c1-11(2)14-19-13(25-20-14)10-21-7-8-24-12(9-21)15(23)22-5-3-16(17,18)4-6-22/h11-12H,3-10H2,1-2H3. The smallest absolute Gasteiger partial charge is 0.253 e. The van der Waals surface area contributed by atoms with Crippen LogP contribution in [0.1, 0.15) is 44.3 Å². The Kier molecular flexibility index (Phi) is 5.33. The highest BCUT2D eigenvalue weighted by atomic mass is 19.3. The zero-order valence-electron chi connectivity index (χ0n) is 14.6. The molecule has 9 heteroatoms. The molecule has 2 fully saturated rings. The number of carbonyl (C=O) groups excluding carboxylic acids is 1. The van der Waals surface area contributed by atoms with E-state index in [9.17, 15) is 13.6 Å². The van der Waals surface area contributed by atoms with Crippen molar-refractivity contribution < 1.29 is 22.8 Å². The van der Waals surface area contributed by atoms with Crippen molar-refractivity contribution in [2.24, 2.45) is 0 Å². The Balaban J connectivity index is 1.54. The fourth-order valence-corrected chi connectivity index (χ4v) is 3.01. The van der Waals surface area contributed by atoms with Gasteiger partial charge in [0.05, 0.1) is 13.2 Å². The van der Waals surface area contributed by atoms with Crippen LogP contribution in [0.15, 0.2) is 4.52 Å². The van der Waals surface area contributed by atoms with E-state index in [1.54, 1.807) is 0 Å². The Bertz CT molecular complexity index is 598. The van der Waals surface area contributed by atoms with E-state index < -0.39 is 12.0 Å². The molecule has 1 atom stereocenters. The molecule has 0 bridgehead atoms. The molecule has 3 rings (SSSR count). The van der Waals surface area contributed by atoms with Gasteiger partial charge in [0, 0.05) is 44.9 Å². The maximum Gasteiger partial charge on any atom is 0.253 e. The summed E-state index contributed by atoms with van der Waals surface area (Å²) in [6.45, 7) is 6.03.